The summed E-state index contributed by atoms with van der Waals surface area (Å²) in [5, 5.41) is 3.66. The van der Waals surface area contributed by atoms with Gasteiger partial charge in [-0.1, -0.05) is 25.8 Å². The Balaban J connectivity index is 1.68. The van der Waals surface area contributed by atoms with E-state index in [9.17, 15) is 0 Å². The number of nitrogens with one attached hydrogen (secondary N) is 1. The van der Waals surface area contributed by atoms with Gasteiger partial charge >= 0.3 is 0 Å². The second kappa shape index (κ2) is 6.75. The van der Waals surface area contributed by atoms with Crippen LogP contribution in [0, 0.1) is 5.92 Å². The number of pyridine rings is 1. The first-order valence-corrected chi connectivity index (χ1v) is 7.00. The molecule has 1 heterocycles. The van der Waals surface area contributed by atoms with Crippen molar-refractivity contribution in [2.24, 2.45) is 5.92 Å². The SMILES string of the molecule is CCCC1CCC(NCc2cccnc2)CC1. The van der Waals surface area contributed by atoms with Gasteiger partial charge in [0, 0.05) is 25.0 Å². The molecule has 0 saturated heterocycles. The molecule has 2 rings (SSSR count). The molecule has 1 fully saturated rings. The molecule has 17 heavy (non-hydrogen) atoms. The Bertz CT molecular complexity index is 302. The molecule has 1 aliphatic carbocycles. The molecule has 0 spiro atoms. The molecule has 0 bridgehead atoms. The summed E-state index contributed by atoms with van der Waals surface area (Å²) in [7, 11) is 0. The zero-order valence-corrected chi connectivity index (χ0v) is 10.9. The Morgan fingerprint density at radius 1 is 1.29 bits per heavy atom. The predicted molar refractivity (Wildman–Crippen MR) is 71.7 cm³/mol. The molecule has 1 aromatic rings. The number of aromatic nitrogens is 1. The van der Waals surface area contributed by atoms with Gasteiger partial charge in [0.25, 0.3) is 0 Å². The third-order valence-corrected chi connectivity index (χ3v) is 3.86. The first-order chi connectivity index (χ1) is 8.38. The van der Waals surface area contributed by atoms with E-state index in [1.54, 1.807) is 0 Å². The topological polar surface area (TPSA) is 24.9 Å². The molecule has 0 unspecified atom stereocenters. The highest BCUT2D eigenvalue weighted by Gasteiger charge is 2.19. The van der Waals surface area contributed by atoms with Crippen molar-refractivity contribution in [3.05, 3.63) is 30.1 Å². The van der Waals surface area contributed by atoms with E-state index in [1.165, 1.54) is 44.1 Å². The van der Waals surface area contributed by atoms with Crippen molar-refractivity contribution in [2.75, 3.05) is 0 Å². The summed E-state index contributed by atoms with van der Waals surface area (Å²) in [6.07, 6.45) is 12.1. The lowest BCUT2D eigenvalue weighted by molar-refractivity contribution is 0.277. The molecule has 0 atom stereocenters. The minimum Gasteiger partial charge on any atom is -0.310 e. The van der Waals surface area contributed by atoms with Crippen LogP contribution < -0.4 is 5.32 Å². The lowest BCUT2D eigenvalue weighted by Gasteiger charge is -2.29. The van der Waals surface area contributed by atoms with Gasteiger partial charge in [0.05, 0.1) is 0 Å². The van der Waals surface area contributed by atoms with Gasteiger partial charge in [0.15, 0.2) is 0 Å². The van der Waals surface area contributed by atoms with Crippen molar-refractivity contribution in [2.45, 2.75) is 58.0 Å². The van der Waals surface area contributed by atoms with E-state index in [2.05, 4.69) is 23.3 Å². The summed E-state index contributed by atoms with van der Waals surface area (Å²) < 4.78 is 0. The normalized spacial score (nSPS) is 24.8. The van der Waals surface area contributed by atoms with Gasteiger partial charge in [0.1, 0.15) is 0 Å². The van der Waals surface area contributed by atoms with Crippen molar-refractivity contribution in [3.8, 4) is 0 Å². The highest BCUT2D eigenvalue weighted by Crippen LogP contribution is 2.27. The first kappa shape index (κ1) is 12.6. The quantitative estimate of drug-likeness (QED) is 0.840. The molecule has 0 aliphatic heterocycles. The maximum absolute atomic E-state index is 4.14. The zero-order valence-electron chi connectivity index (χ0n) is 10.9. The van der Waals surface area contributed by atoms with Gasteiger partial charge in [-0.2, -0.15) is 0 Å². The van der Waals surface area contributed by atoms with Crippen LogP contribution in [0.1, 0.15) is 51.0 Å². The maximum atomic E-state index is 4.14. The Kier molecular flexibility index (Phi) is 4.99. The molecule has 1 aliphatic rings. The summed E-state index contributed by atoms with van der Waals surface area (Å²) in [5.41, 5.74) is 1.29. The van der Waals surface area contributed by atoms with Gasteiger partial charge in [-0.15, -0.1) is 0 Å². The fourth-order valence-electron chi connectivity index (χ4n) is 2.83. The lowest BCUT2D eigenvalue weighted by Crippen LogP contribution is -2.32. The number of hydrogen-bond acceptors (Lipinski definition) is 2. The van der Waals surface area contributed by atoms with E-state index in [0.29, 0.717) is 0 Å². The van der Waals surface area contributed by atoms with Gasteiger partial charge in [-0.25, -0.2) is 0 Å². The molecule has 2 heteroatoms. The van der Waals surface area contributed by atoms with Crippen molar-refractivity contribution in [1.29, 1.82) is 0 Å². The average Bonchev–Trinajstić information content (AvgIpc) is 2.40. The summed E-state index contributed by atoms with van der Waals surface area (Å²) in [6, 6.07) is 4.88. The first-order valence-electron chi connectivity index (χ1n) is 7.00. The third kappa shape index (κ3) is 4.12. The maximum Gasteiger partial charge on any atom is 0.0312 e. The third-order valence-electron chi connectivity index (χ3n) is 3.86. The van der Waals surface area contributed by atoms with Crippen LogP contribution in [0.2, 0.25) is 0 Å². The Morgan fingerprint density at radius 3 is 2.76 bits per heavy atom. The van der Waals surface area contributed by atoms with Gasteiger partial charge < -0.3 is 5.32 Å². The summed E-state index contributed by atoms with van der Waals surface area (Å²) in [6.45, 7) is 3.27. The largest absolute Gasteiger partial charge is 0.310 e. The van der Waals surface area contributed by atoms with Crippen molar-refractivity contribution >= 4 is 0 Å². The van der Waals surface area contributed by atoms with Crippen LogP contribution in [0.25, 0.3) is 0 Å². The predicted octanol–water partition coefficient (Wildman–Crippen LogP) is 3.53. The van der Waals surface area contributed by atoms with Crippen molar-refractivity contribution in [1.82, 2.24) is 10.3 Å². The van der Waals surface area contributed by atoms with Gasteiger partial charge in [0.2, 0.25) is 0 Å². The van der Waals surface area contributed by atoms with Crippen molar-refractivity contribution < 1.29 is 0 Å². The second-order valence-corrected chi connectivity index (χ2v) is 5.25. The van der Waals surface area contributed by atoms with Crippen LogP contribution >= 0.6 is 0 Å². The van der Waals surface area contributed by atoms with E-state index in [0.717, 1.165) is 18.5 Å². The van der Waals surface area contributed by atoms with Gasteiger partial charge in [-0.3, -0.25) is 4.98 Å². The van der Waals surface area contributed by atoms with Crippen LogP contribution in [0.3, 0.4) is 0 Å². The molecule has 1 saturated carbocycles. The summed E-state index contributed by atoms with van der Waals surface area (Å²) in [5.74, 6) is 0.997. The minimum atomic E-state index is 0.725. The van der Waals surface area contributed by atoms with E-state index < -0.39 is 0 Å². The van der Waals surface area contributed by atoms with Crippen LogP contribution in [0.4, 0.5) is 0 Å². The average molecular weight is 232 g/mol. The molecule has 1 aromatic heterocycles. The molecular weight excluding hydrogens is 208 g/mol. The molecule has 0 aromatic carbocycles. The lowest BCUT2D eigenvalue weighted by atomic mass is 9.83. The fourth-order valence-corrected chi connectivity index (χ4v) is 2.83. The standard InChI is InChI=1S/C15H24N2/c1-2-4-13-6-8-15(9-7-13)17-12-14-5-3-10-16-11-14/h3,5,10-11,13,15,17H,2,4,6-9,12H2,1H3. The Labute approximate surface area is 105 Å². The van der Waals surface area contributed by atoms with E-state index in [1.807, 2.05) is 18.5 Å². The van der Waals surface area contributed by atoms with Crippen molar-refractivity contribution in [3.63, 3.8) is 0 Å². The van der Waals surface area contributed by atoms with E-state index in [4.69, 9.17) is 0 Å². The van der Waals surface area contributed by atoms with E-state index in [-0.39, 0.29) is 0 Å². The smallest absolute Gasteiger partial charge is 0.0312 e. The summed E-state index contributed by atoms with van der Waals surface area (Å²) >= 11 is 0. The highest BCUT2D eigenvalue weighted by molar-refractivity contribution is 5.08. The number of rotatable bonds is 5. The molecule has 0 radical (unpaired) electrons. The second-order valence-electron chi connectivity index (χ2n) is 5.25. The van der Waals surface area contributed by atoms with Crippen LogP contribution in [-0.2, 0) is 6.54 Å². The number of hydrogen-bond donors (Lipinski definition) is 1. The van der Waals surface area contributed by atoms with Crippen LogP contribution in [0.15, 0.2) is 24.5 Å². The Morgan fingerprint density at radius 2 is 2.12 bits per heavy atom. The minimum absolute atomic E-state index is 0.725. The zero-order chi connectivity index (χ0) is 11.9. The Hall–Kier alpha value is -0.890. The molecular formula is C15H24N2. The highest BCUT2D eigenvalue weighted by atomic mass is 14.9. The molecule has 94 valence electrons. The summed E-state index contributed by atoms with van der Waals surface area (Å²) in [4.78, 5) is 4.14. The van der Waals surface area contributed by atoms with E-state index >= 15 is 0 Å². The van der Waals surface area contributed by atoms with Crippen LogP contribution in [0.5, 0.6) is 0 Å². The number of nitrogens with zero attached hydrogens (tertiary/aromatic N) is 1. The molecule has 0 amide bonds. The molecule has 1 N–H and O–H groups in total. The monoisotopic (exact) mass is 232 g/mol. The fraction of sp³-hybridized carbons (Fsp3) is 0.667. The van der Waals surface area contributed by atoms with Gasteiger partial charge in [-0.05, 0) is 43.2 Å². The molecule has 2 nitrogen and oxygen atoms in total. The van der Waals surface area contributed by atoms with Crippen LogP contribution in [-0.4, -0.2) is 11.0 Å².